The third kappa shape index (κ3) is 3.71. The molecule has 0 aliphatic carbocycles. The molecule has 0 saturated heterocycles. The number of hydrogen-bond donors (Lipinski definition) is 1. The zero-order chi connectivity index (χ0) is 14.7. The summed E-state index contributed by atoms with van der Waals surface area (Å²) in [5.74, 6) is -3.54. The van der Waals surface area contributed by atoms with Gasteiger partial charge in [-0.3, -0.25) is 0 Å². The first-order valence-electron chi connectivity index (χ1n) is 5.55. The van der Waals surface area contributed by atoms with Gasteiger partial charge >= 0.3 is 5.97 Å². The van der Waals surface area contributed by atoms with E-state index in [1.807, 2.05) is 0 Å². The van der Waals surface area contributed by atoms with E-state index < -0.39 is 11.7 Å². The van der Waals surface area contributed by atoms with Crippen LogP contribution in [-0.4, -0.2) is 16.8 Å². The summed E-state index contributed by atoms with van der Waals surface area (Å²) in [6, 6.07) is 10.9. The van der Waals surface area contributed by atoms with E-state index in [9.17, 15) is 13.6 Å². The van der Waals surface area contributed by atoms with Gasteiger partial charge in [-0.25, -0.2) is 4.79 Å². The number of carbonyl (C=O) groups is 1. The van der Waals surface area contributed by atoms with E-state index in [2.05, 4.69) is 0 Å². The Labute approximate surface area is 123 Å². The molecular formula is C14H9ClF2O2S. The monoisotopic (exact) mass is 314 g/mol. The number of carboxylic acid groups (broad SMARTS) is 1. The van der Waals surface area contributed by atoms with Crippen LogP contribution in [0.4, 0.5) is 8.78 Å². The lowest BCUT2D eigenvalue weighted by Gasteiger charge is -2.06. The van der Waals surface area contributed by atoms with E-state index in [-0.39, 0.29) is 5.56 Å². The van der Waals surface area contributed by atoms with Gasteiger partial charge in [0.15, 0.2) is 0 Å². The van der Waals surface area contributed by atoms with Gasteiger partial charge in [-0.1, -0.05) is 35.5 Å². The standard InChI is InChI=1S/C14H9ClF2O2S/c15-11-6-9(5-10(7-11)13(18)19)8-1-3-12(4-2-8)20-14(16)17/h1-7,14H,(H,18,19). The molecular weight excluding hydrogens is 306 g/mol. The van der Waals surface area contributed by atoms with Crippen molar-refractivity contribution < 1.29 is 18.7 Å². The van der Waals surface area contributed by atoms with Crippen molar-refractivity contribution in [2.75, 3.05) is 0 Å². The van der Waals surface area contributed by atoms with E-state index in [0.717, 1.165) is 0 Å². The minimum atomic E-state index is -2.47. The lowest BCUT2D eigenvalue weighted by atomic mass is 10.0. The Balaban J connectivity index is 2.34. The first-order chi connectivity index (χ1) is 9.45. The number of alkyl halides is 2. The fourth-order valence-corrected chi connectivity index (χ4v) is 2.44. The number of aromatic carboxylic acids is 1. The smallest absolute Gasteiger partial charge is 0.335 e. The Morgan fingerprint density at radius 1 is 1.10 bits per heavy atom. The predicted octanol–water partition coefficient (Wildman–Crippen LogP) is 5.02. The molecule has 0 radical (unpaired) electrons. The number of halogens is 3. The Hall–Kier alpha value is -1.59. The van der Waals surface area contributed by atoms with Crippen molar-refractivity contribution >= 4 is 29.3 Å². The van der Waals surface area contributed by atoms with Gasteiger partial charge in [-0.05, 0) is 41.5 Å². The van der Waals surface area contributed by atoms with Gasteiger partial charge in [0.2, 0.25) is 0 Å². The molecule has 0 heterocycles. The molecule has 20 heavy (non-hydrogen) atoms. The molecule has 0 unspecified atom stereocenters. The fourth-order valence-electron chi connectivity index (χ4n) is 1.71. The minimum absolute atomic E-state index is 0.0820. The molecule has 104 valence electrons. The summed E-state index contributed by atoms with van der Waals surface area (Å²) in [5.41, 5.74) is 1.43. The van der Waals surface area contributed by atoms with E-state index in [4.69, 9.17) is 16.7 Å². The van der Waals surface area contributed by atoms with Crippen LogP contribution < -0.4 is 0 Å². The second-order valence-electron chi connectivity index (χ2n) is 3.94. The van der Waals surface area contributed by atoms with Gasteiger partial charge in [0.25, 0.3) is 5.76 Å². The maximum Gasteiger partial charge on any atom is 0.335 e. The summed E-state index contributed by atoms with van der Waals surface area (Å²) in [5, 5.41) is 9.29. The molecule has 0 spiro atoms. The van der Waals surface area contributed by atoms with Crippen LogP contribution in [0.15, 0.2) is 47.4 Å². The summed E-state index contributed by atoms with van der Waals surface area (Å²) in [4.78, 5) is 11.4. The largest absolute Gasteiger partial charge is 0.478 e. The van der Waals surface area contributed by atoms with Crippen LogP contribution in [0.25, 0.3) is 11.1 Å². The summed E-state index contributed by atoms with van der Waals surface area (Å²) in [6.07, 6.45) is 0. The van der Waals surface area contributed by atoms with Crippen LogP contribution in [0.2, 0.25) is 5.02 Å². The van der Waals surface area contributed by atoms with Gasteiger partial charge in [-0.15, -0.1) is 0 Å². The highest BCUT2D eigenvalue weighted by Gasteiger charge is 2.09. The van der Waals surface area contributed by atoms with Crippen molar-refractivity contribution in [1.82, 2.24) is 0 Å². The maximum atomic E-state index is 12.2. The normalized spacial score (nSPS) is 10.8. The van der Waals surface area contributed by atoms with Gasteiger partial charge < -0.3 is 5.11 Å². The highest BCUT2D eigenvalue weighted by Crippen LogP contribution is 2.29. The quantitative estimate of drug-likeness (QED) is 0.805. The third-order valence-corrected chi connectivity index (χ3v) is 3.50. The lowest BCUT2D eigenvalue weighted by Crippen LogP contribution is -1.96. The molecule has 0 aromatic heterocycles. The van der Waals surface area contributed by atoms with Crippen LogP contribution in [0, 0.1) is 0 Å². The van der Waals surface area contributed by atoms with Crippen molar-refractivity contribution in [2.45, 2.75) is 10.7 Å². The minimum Gasteiger partial charge on any atom is -0.478 e. The van der Waals surface area contributed by atoms with Crippen LogP contribution in [0.5, 0.6) is 0 Å². The zero-order valence-corrected chi connectivity index (χ0v) is 11.6. The highest BCUT2D eigenvalue weighted by atomic mass is 35.5. The van der Waals surface area contributed by atoms with Gasteiger partial charge in [-0.2, -0.15) is 8.78 Å². The molecule has 0 atom stereocenters. The topological polar surface area (TPSA) is 37.3 Å². The number of thioether (sulfide) groups is 1. The molecule has 2 nitrogen and oxygen atoms in total. The van der Waals surface area contributed by atoms with Crippen molar-refractivity contribution in [3.63, 3.8) is 0 Å². The zero-order valence-electron chi connectivity index (χ0n) is 10.0. The van der Waals surface area contributed by atoms with E-state index in [0.29, 0.717) is 32.8 Å². The number of hydrogen-bond acceptors (Lipinski definition) is 2. The van der Waals surface area contributed by atoms with E-state index in [1.165, 1.54) is 12.1 Å². The predicted molar refractivity (Wildman–Crippen MR) is 75.7 cm³/mol. The fraction of sp³-hybridized carbons (Fsp3) is 0.0714. The molecule has 0 bridgehead atoms. The van der Waals surface area contributed by atoms with Crippen LogP contribution in [0.1, 0.15) is 10.4 Å². The summed E-state index contributed by atoms with van der Waals surface area (Å²) < 4.78 is 24.4. The molecule has 2 aromatic rings. The van der Waals surface area contributed by atoms with Gasteiger partial charge in [0.05, 0.1) is 5.56 Å². The van der Waals surface area contributed by atoms with Gasteiger partial charge in [0.1, 0.15) is 0 Å². The molecule has 0 aliphatic heterocycles. The van der Waals surface area contributed by atoms with Crippen molar-refractivity contribution in [3.8, 4) is 11.1 Å². The summed E-state index contributed by atoms with van der Waals surface area (Å²) in [6.45, 7) is 0. The molecule has 0 saturated carbocycles. The molecule has 0 aliphatic rings. The van der Waals surface area contributed by atoms with Crippen LogP contribution in [-0.2, 0) is 0 Å². The Kier molecular flexibility index (Phi) is 4.62. The second kappa shape index (κ2) is 6.24. The third-order valence-electron chi connectivity index (χ3n) is 2.56. The van der Waals surface area contributed by atoms with Crippen molar-refractivity contribution in [1.29, 1.82) is 0 Å². The summed E-state index contributed by atoms with van der Waals surface area (Å²) in [7, 11) is 0. The van der Waals surface area contributed by atoms with Crippen LogP contribution in [0.3, 0.4) is 0 Å². The Bertz CT molecular complexity index is 630. The maximum absolute atomic E-state index is 12.2. The average Bonchev–Trinajstić information content (AvgIpc) is 2.38. The molecule has 0 fully saturated rings. The molecule has 2 aromatic carbocycles. The Morgan fingerprint density at radius 3 is 2.30 bits per heavy atom. The first kappa shape index (κ1) is 14.8. The van der Waals surface area contributed by atoms with Crippen LogP contribution >= 0.6 is 23.4 Å². The Morgan fingerprint density at radius 2 is 1.75 bits per heavy atom. The number of rotatable bonds is 4. The molecule has 0 amide bonds. The lowest BCUT2D eigenvalue weighted by molar-refractivity contribution is 0.0697. The molecule has 2 rings (SSSR count). The first-order valence-corrected chi connectivity index (χ1v) is 6.80. The van der Waals surface area contributed by atoms with Crippen molar-refractivity contribution in [3.05, 3.63) is 53.1 Å². The average molecular weight is 315 g/mol. The molecule has 1 N–H and O–H groups in total. The van der Waals surface area contributed by atoms with Gasteiger partial charge in [0, 0.05) is 9.92 Å². The number of carboxylic acids is 1. The highest BCUT2D eigenvalue weighted by molar-refractivity contribution is 7.99. The SMILES string of the molecule is O=C(O)c1cc(Cl)cc(-c2ccc(SC(F)F)cc2)c1. The molecule has 6 heteroatoms. The number of benzene rings is 2. The second-order valence-corrected chi connectivity index (χ2v) is 5.44. The van der Waals surface area contributed by atoms with E-state index >= 15 is 0 Å². The summed E-state index contributed by atoms with van der Waals surface area (Å²) >= 11 is 6.34. The van der Waals surface area contributed by atoms with Crippen molar-refractivity contribution in [2.24, 2.45) is 0 Å². The van der Waals surface area contributed by atoms with E-state index in [1.54, 1.807) is 30.3 Å².